The fraction of sp³-hybridized carbons (Fsp3) is 0.524. The monoisotopic (exact) mass is 419 g/mol. The highest BCUT2D eigenvalue weighted by molar-refractivity contribution is 8.03. The number of fused-ring (bicyclic) bond motifs is 1. The van der Waals surface area contributed by atoms with Crippen LogP contribution in [0.15, 0.2) is 45.8 Å². The number of benzene rings is 1. The Labute approximate surface area is 172 Å². The van der Waals surface area contributed by atoms with E-state index in [0.717, 1.165) is 9.80 Å². The highest BCUT2D eigenvalue weighted by Gasteiger charge is 2.58. The van der Waals surface area contributed by atoms with E-state index in [4.69, 9.17) is 4.43 Å². The third-order valence-electron chi connectivity index (χ3n) is 6.15. The maximum atomic E-state index is 12.9. The molecule has 1 saturated heterocycles. The average Bonchev–Trinajstić information content (AvgIpc) is 2.88. The van der Waals surface area contributed by atoms with Gasteiger partial charge >= 0.3 is 5.97 Å². The number of aliphatic carboxylic acids is 1. The summed E-state index contributed by atoms with van der Waals surface area (Å²) in [5, 5.41) is 9.79. The van der Waals surface area contributed by atoms with Crippen LogP contribution in [-0.4, -0.2) is 42.3 Å². The Bertz CT molecular complexity index is 815. The van der Waals surface area contributed by atoms with E-state index >= 15 is 0 Å². The van der Waals surface area contributed by atoms with Gasteiger partial charge in [0.05, 0.1) is 18.1 Å². The van der Waals surface area contributed by atoms with Gasteiger partial charge in [0.25, 0.3) is 0 Å². The molecular formula is C21H29NO4SSi. The minimum absolute atomic E-state index is 0.0578. The molecule has 0 radical (unpaired) electrons. The number of carbonyl (C=O) groups excluding carboxylic acids is 1. The smallest absolute Gasteiger partial charge is 0.353 e. The van der Waals surface area contributed by atoms with Gasteiger partial charge in [-0.25, -0.2) is 4.79 Å². The molecular weight excluding hydrogens is 390 g/mol. The van der Waals surface area contributed by atoms with Crippen molar-refractivity contribution in [3.8, 4) is 0 Å². The summed E-state index contributed by atoms with van der Waals surface area (Å²) < 4.78 is 6.45. The molecule has 0 bridgehead atoms. The summed E-state index contributed by atoms with van der Waals surface area (Å²) in [6, 6.07) is 9.57. The molecule has 2 aliphatic rings. The van der Waals surface area contributed by atoms with Gasteiger partial charge in [0.1, 0.15) is 5.70 Å². The van der Waals surface area contributed by atoms with Gasteiger partial charge in [0.2, 0.25) is 5.91 Å². The highest BCUT2D eigenvalue weighted by Crippen LogP contribution is 2.50. The van der Waals surface area contributed by atoms with Crippen molar-refractivity contribution in [2.45, 2.75) is 69.3 Å². The third-order valence-corrected chi connectivity index (χ3v) is 11.8. The van der Waals surface area contributed by atoms with Crippen LogP contribution in [0.4, 0.5) is 0 Å². The molecule has 2 aliphatic heterocycles. The topological polar surface area (TPSA) is 66.8 Å². The summed E-state index contributed by atoms with van der Waals surface area (Å²) in [5.41, 5.74) is 0.139. The zero-order valence-electron chi connectivity index (χ0n) is 17.4. The standard InChI is InChI=1S/C21H29NO4SSi/c1-13(26-28(5,6)21(2,3)4)17-15-12-16(27-14-10-8-7-9-11-14)18(20(24)25)22(15)19(17)23/h7-11,13,15,17H,12H2,1-6H3,(H,24,25)/t13-,15+,17-/m1/s1. The van der Waals surface area contributed by atoms with E-state index < -0.39 is 14.3 Å². The predicted molar refractivity (Wildman–Crippen MR) is 113 cm³/mol. The number of carbonyl (C=O) groups is 2. The lowest BCUT2D eigenvalue weighted by molar-refractivity contribution is -0.160. The molecule has 7 heteroatoms. The van der Waals surface area contributed by atoms with E-state index in [1.165, 1.54) is 16.7 Å². The Morgan fingerprint density at radius 3 is 2.43 bits per heavy atom. The van der Waals surface area contributed by atoms with E-state index in [1.54, 1.807) is 0 Å². The summed E-state index contributed by atoms with van der Waals surface area (Å²) in [5.74, 6) is -1.44. The van der Waals surface area contributed by atoms with Crippen LogP contribution in [0.25, 0.3) is 0 Å². The minimum atomic E-state index is -2.01. The molecule has 1 aromatic rings. The van der Waals surface area contributed by atoms with Crippen LogP contribution >= 0.6 is 11.8 Å². The maximum Gasteiger partial charge on any atom is 0.353 e. The first kappa shape index (κ1) is 21.1. The van der Waals surface area contributed by atoms with E-state index in [0.29, 0.717) is 6.42 Å². The van der Waals surface area contributed by atoms with Gasteiger partial charge in [0, 0.05) is 16.2 Å². The zero-order valence-corrected chi connectivity index (χ0v) is 19.2. The Balaban J connectivity index is 1.79. The quantitative estimate of drug-likeness (QED) is 0.534. The molecule has 1 aromatic carbocycles. The lowest BCUT2D eigenvalue weighted by Crippen LogP contribution is -2.63. The second kappa shape index (κ2) is 7.35. The lowest BCUT2D eigenvalue weighted by Gasteiger charge is -2.48. The second-order valence-electron chi connectivity index (χ2n) is 9.08. The first-order valence-corrected chi connectivity index (χ1v) is 13.4. The van der Waals surface area contributed by atoms with Gasteiger partial charge in [-0.05, 0) is 37.2 Å². The van der Waals surface area contributed by atoms with Crippen LogP contribution in [0.2, 0.25) is 18.1 Å². The van der Waals surface area contributed by atoms with Crippen molar-refractivity contribution >= 4 is 32.0 Å². The van der Waals surface area contributed by atoms with Gasteiger partial charge in [-0.15, -0.1) is 0 Å². The highest BCUT2D eigenvalue weighted by atomic mass is 32.2. The van der Waals surface area contributed by atoms with Crippen molar-refractivity contribution in [2.75, 3.05) is 0 Å². The molecule has 0 spiro atoms. The van der Waals surface area contributed by atoms with Crippen LogP contribution in [0, 0.1) is 5.92 Å². The number of rotatable bonds is 6. The maximum absolute atomic E-state index is 12.9. The molecule has 152 valence electrons. The van der Waals surface area contributed by atoms with Crippen LogP contribution in [0.3, 0.4) is 0 Å². The zero-order chi connectivity index (χ0) is 20.9. The number of nitrogens with zero attached hydrogens (tertiary/aromatic N) is 1. The van der Waals surface area contributed by atoms with Gasteiger partial charge in [0.15, 0.2) is 8.32 Å². The van der Waals surface area contributed by atoms with Crippen molar-refractivity contribution in [3.63, 3.8) is 0 Å². The van der Waals surface area contributed by atoms with Gasteiger partial charge in [-0.2, -0.15) is 0 Å². The molecule has 1 fully saturated rings. The van der Waals surface area contributed by atoms with Crippen molar-refractivity contribution in [1.29, 1.82) is 0 Å². The molecule has 0 saturated carbocycles. The SMILES string of the molecule is C[C@@H](O[Si](C)(C)C(C)(C)C)[C@H]1C(=O)N2C(C(=O)O)=C(Sc3ccccc3)C[C@@H]12. The summed E-state index contributed by atoms with van der Waals surface area (Å²) in [7, 11) is -2.01. The molecule has 3 rings (SSSR count). The Kier molecular flexibility index (Phi) is 5.55. The molecule has 0 unspecified atom stereocenters. The average molecular weight is 420 g/mol. The summed E-state index contributed by atoms with van der Waals surface area (Å²) in [4.78, 5) is 28.0. The molecule has 2 heterocycles. The van der Waals surface area contributed by atoms with Crippen molar-refractivity contribution in [3.05, 3.63) is 40.9 Å². The van der Waals surface area contributed by atoms with Gasteiger partial charge in [-0.1, -0.05) is 50.7 Å². The predicted octanol–water partition coefficient (Wildman–Crippen LogP) is 4.72. The first-order valence-electron chi connectivity index (χ1n) is 9.64. The van der Waals surface area contributed by atoms with Crippen LogP contribution in [0.5, 0.6) is 0 Å². The van der Waals surface area contributed by atoms with Crippen LogP contribution < -0.4 is 0 Å². The molecule has 1 N–H and O–H groups in total. The molecule has 1 amide bonds. The molecule has 0 aromatic heterocycles. The fourth-order valence-electron chi connectivity index (χ4n) is 3.65. The van der Waals surface area contributed by atoms with E-state index in [-0.39, 0.29) is 34.7 Å². The summed E-state index contributed by atoms with van der Waals surface area (Å²) in [6.45, 7) is 12.8. The van der Waals surface area contributed by atoms with Crippen LogP contribution in [-0.2, 0) is 14.0 Å². The molecule has 3 atom stereocenters. The van der Waals surface area contributed by atoms with Crippen LogP contribution in [0.1, 0.15) is 34.1 Å². The number of amides is 1. The van der Waals surface area contributed by atoms with Crippen molar-refractivity contribution in [1.82, 2.24) is 4.90 Å². The van der Waals surface area contributed by atoms with E-state index in [9.17, 15) is 14.7 Å². The number of carboxylic acid groups (broad SMARTS) is 1. The Hall–Kier alpha value is -1.57. The van der Waals surface area contributed by atoms with E-state index in [1.807, 2.05) is 37.3 Å². The first-order chi connectivity index (χ1) is 12.9. The number of hydrogen-bond acceptors (Lipinski definition) is 4. The second-order valence-corrected chi connectivity index (χ2v) is 15.0. The lowest BCUT2D eigenvalue weighted by atomic mass is 9.83. The number of hydrogen-bond donors (Lipinski definition) is 1. The van der Waals surface area contributed by atoms with Gasteiger partial charge < -0.3 is 14.4 Å². The van der Waals surface area contributed by atoms with Crippen molar-refractivity contribution in [2.24, 2.45) is 5.92 Å². The fourth-order valence-corrected chi connectivity index (χ4v) is 6.20. The summed E-state index contributed by atoms with van der Waals surface area (Å²) in [6.07, 6.45) is 0.355. The largest absolute Gasteiger partial charge is 0.477 e. The van der Waals surface area contributed by atoms with Crippen molar-refractivity contribution < 1.29 is 19.1 Å². The normalized spacial score (nSPS) is 23.5. The Morgan fingerprint density at radius 2 is 1.89 bits per heavy atom. The summed E-state index contributed by atoms with van der Waals surface area (Å²) >= 11 is 1.44. The van der Waals surface area contributed by atoms with E-state index in [2.05, 4.69) is 33.9 Å². The third kappa shape index (κ3) is 3.67. The molecule has 28 heavy (non-hydrogen) atoms. The minimum Gasteiger partial charge on any atom is -0.477 e. The number of β-lactam (4-membered cyclic amide) rings is 1. The number of thioether (sulfide) groups is 1. The Morgan fingerprint density at radius 1 is 1.29 bits per heavy atom. The van der Waals surface area contributed by atoms with Gasteiger partial charge in [-0.3, -0.25) is 4.79 Å². The number of carboxylic acids is 1. The molecule has 5 nitrogen and oxygen atoms in total. The molecule has 0 aliphatic carbocycles.